The van der Waals surface area contributed by atoms with Gasteiger partial charge in [0.15, 0.2) is 11.4 Å². The molecule has 0 aliphatic carbocycles. The highest BCUT2D eigenvalue weighted by atomic mass is 32.2. The number of likely N-dealkylation sites (tertiary alicyclic amines) is 1. The van der Waals surface area contributed by atoms with E-state index < -0.39 is 53.3 Å². The Morgan fingerprint density at radius 3 is 2.62 bits per heavy atom. The molecule has 1 fully saturated rings. The second kappa shape index (κ2) is 10.6. The summed E-state index contributed by atoms with van der Waals surface area (Å²) in [6.45, 7) is 0.697. The fourth-order valence-corrected chi connectivity index (χ4v) is 5.18. The Kier molecular flexibility index (Phi) is 7.80. The molecule has 0 bridgehead atoms. The number of hydrogen-bond donors (Lipinski definition) is 3. The molecule has 2 atom stereocenters. The first-order chi connectivity index (χ1) is 18.2. The van der Waals surface area contributed by atoms with Gasteiger partial charge < -0.3 is 24.8 Å². The highest BCUT2D eigenvalue weighted by molar-refractivity contribution is 7.97. The fourth-order valence-electron chi connectivity index (χ4n) is 4.16. The molecule has 1 aromatic heterocycles. The summed E-state index contributed by atoms with van der Waals surface area (Å²) in [5, 5.41) is 4.10. The Labute approximate surface area is 222 Å². The molecule has 0 radical (unpaired) electrons. The number of rotatable bonds is 4. The van der Waals surface area contributed by atoms with Crippen LogP contribution in [0.15, 0.2) is 29.3 Å². The number of aryl methyl sites for hydroxylation is 1. The number of fused-ring (bicyclic) bond motifs is 1. The Morgan fingerprint density at radius 1 is 1.23 bits per heavy atom. The lowest BCUT2D eigenvalue weighted by molar-refractivity contribution is -0.162. The molecule has 16 heteroatoms. The second-order valence-corrected chi connectivity index (χ2v) is 10.1. The number of hydrogen-bond acceptors (Lipinski definition) is 6. The number of amides is 3. The predicted octanol–water partition coefficient (Wildman–Crippen LogP) is 3.38. The van der Waals surface area contributed by atoms with E-state index in [2.05, 4.69) is 10.0 Å². The van der Waals surface area contributed by atoms with Crippen molar-refractivity contribution in [2.24, 2.45) is 7.05 Å². The van der Waals surface area contributed by atoms with Gasteiger partial charge in [-0.25, -0.2) is 17.9 Å². The van der Waals surface area contributed by atoms with Gasteiger partial charge in [0.1, 0.15) is 18.5 Å². The predicted molar refractivity (Wildman–Crippen MR) is 127 cm³/mol. The zero-order valence-electron chi connectivity index (χ0n) is 20.5. The van der Waals surface area contributed by atoms with Gasteiger partial charge in [0, 0.05) is 32.0 Å². The number of carbonyl (C=O) groups is 3. The number of nitrogens with one attached hydrogen (secondary N) is 3. The normalized spacial score (nSPS) is 19.9. The van der Waals surface area contributed by atoms with Gasteiger partial charge in [0.2, 0.25) is 0 Å². The number of carbonyl (C=O) groups excluding carboxylic acids is 3. The second-order valence-electron chi connectivity index (χ2n) is 9.26. The molecule has 4 rings (SSSR count). The molecule has 3 heterocycles. The molecule has 1 aromatic carbocycles. The van der Waals surface area contributed by atoms with Crippen molar-refractivity contribution in [1.29, 1.82) is 0 Å². The number of ether oxygens (including phenoxy) is 1. The molecule has 0 saturated carbocycles. The van der Waals surface area contributed by atoms with E-state index in [0.717, 1.165) is 42.0 Å². The van der Waals surface area contributed by atoms with E-state index >= 15 is 0 Å². The summed E-state index contributed by atoms with van der Waals surface area (Å²) >= 11 is 1.10. The van der Waals surface area contributed by atoms with Crippen LogP contribution in [0.4, 0.5) is 32.0 Å². The highest BCUT2D eigenvalue weighted by Gasteiger charge is 2.45. The Balaban J connectivity index is 1.45. The van der Waals surface area contributed by atoms with Gasteiger partial charge in [0.25, 0.3) is 12.3 Å². The van der Waals surface area contributed by atoms with E-state index in [1.807, 2.05) is 0 Å². The van der Waals surface area contributed by atoms with Gasteiger partial charge in [-0.3, -0.25) is 14.4 Å². The first kappa shape index (κ1) is 28.6. The molecular weight excluding hydrogens is 556 g/mol. The molecule has 0 unspecified atom stereocenters. The Hall–Kier alpha value is -3.40. The average molecular weight is 580 g/mol. The molecule has 212 valence electrons. The van der Waals surface area contributed by atoms with Gasteiger partial charge in [-0.1, -0.05) is 0 Å². The van der Waals surface area contributed by atoms with Gasteiger partial charge in [-0.05, 0) is 43.5 Å². The minimum atomic E-state index is -4.70. The minimum Gasteiger partial charge on any atom is -0.488 e. The monoisotopic (exact) mass is 579 g/mol. The van der Waals surface area contributed by atoms with Gasteiger partial charge >= 0.3 is 18.0 Å². The highest BCUT2D eigenvalue weighted by Crippen LogP contribution is 2.39. The van der Waals surface area contributed by atoms with Crippen molar-refractivity contribution in [1.82, 2.24) is 19.5 Å². The first-order valence-corrected chi connectivity index (χ1v) is 12.3. The molecular formula is C23H23F6N5O4S. The van der Waals surface area contributed by atoms with E-state index in [9.17, 15) is 40.7 Å². The zero-order chi connectivity index (χ0) is 28.7. The van der Waals surface area contributed by atoms with Crippen LogP contribution in [0.1, 0.15) is 35.8 Å². The summed E-state index contributed by atoms with van der Waals surface area (Å²) in [4.78, 5) is 39.2. The summed E-state index contributed by atoms with van der Waals surface area (Å²) < 4.78 is 88.5. The van der Waals surface area contributed by atoms with Gasteiger partial charge in [0.05, 0.1) is 16.0 Å². The summed E-state index contributed by atoms with van der Waals surface area (Å²) in [6.07, 6.45) is -5.89. The quantitative estimate of drug-likeness (QED) is 0.292. The van der Waals surface area contributed by atoms with Crippen LogP contribution in [0.3, 0.4) is 0 Å². The van der Waals surface area contributed by atoms with Crippen molar-refractivity contribution < 1.29 is 45.5 Å². The molecule has 2 aliphatic rings. The summed E-state index contributed by atoms with van der Waals surface area (Å²) in [7, 11) is 1.56. The van der Waals surface area contributed by atoms with Crippen LogP contribution in [-0.4, -0.2) is 64.6 Å². The van der Waals surface area contributed by atoms with Crippen LogP contribution in [-0.2, 0) is 16.6 Å². The van der Waals surface area contributed by atoms with Crippen LogP contribution in [0.2, 0.25) is 0 Å². The standard InChI is InChI=1S/C23H23F6N5O4S/c1-11(23(27,28)29)30-20(36)21(37)34-6-5-22(9-34)10-38-17-15(39-32-22)8-33(2)16(17)19(35)31-12-3-4-14(24)13(7-12)18(25)26/h3-4,7-8,11,18,32H,5-6,9-10H2,1-2H3,(H,30,36)(H,31,35)/t11-,22-/m1/s1. The van der Waals surface area contributed by atoms with E-state index in [0.29, 0.717) is 11.3 Å². The largest absolute Gasteiger partial charge is 0.488 e. The molecule has 39 heavy (non-hydrogen) atoms. The lowest BCUT2D eigenvalue weighted by Gasteiger charge is -2.27. The number of aromatic nitrogens is 1. The molecule has 3 amide bonds. The number of alkyl halides is 5. The van der Waals surface area contributed by atoms with Crippen molar-refractivity contribution in [3.05, 3.63) is 41.5 Å². The SMILES string of the molecule is C[C@@H](NC(=O)C(=O)N1CC[C@]2(COc3c(cn(C)c3C(=O)Nc3ccc(F)c(C(F)F)c3)SN2)C1)C(F)(F)F. The Morgan fingerprint density at radius 2 is 1.95 bits per heavy atom. The average Bonchev–Trinajstić information content (AvgIpc) is 3.37. The lowest BCUT2D eigenvalue weighted by Crippen LogP contribution is -2.52. The van der Waals surface area contributed by atoms with Gasteiger partial charge in [-0.2, -0.15) is 13.2 Å². The van der Waals surface area contributed by atoms with E-state index in [1.165, 1.54) is 4.57 Å². The van der Waals surface area contributed by atoms with Crippen molar-refractivity contribution >= 4 is 35.4 Å². The lowest BCUT2D eigenvalue weighted by atomic mass is 10.0. The maximum atomic E-state index is 13.6. The van der Waals surface area contributed by atoms with E-state index in [1.54, 1.807) is 18.6 Å². The minimum absolute atomic E-state index is 0.0451. The number of anilines is 1. The number of nitrogens with zero attached hydrogens (tertiary/aromatic N) is 2. The number of benzene rings is 1. The van der Waals surface area contributed by atoms with E-state index in [4.69, 9.17) is 4.74 Å². The molecule has 1 saturated heterocycles. The van der Waals surface area contributed by atoms with Crippen molar-refractivity contribution in [3.8, 4) is 5.75 Å². The van der Waals surface area contributed by atoms with Crippen LogP contribution in [0.25, 0.3) is 0 Å². The molecule has 2 aromatic rings. The van der Waals surface area contributed by atoms with E-state index in [-0.39, 0.29) is 36.8 Å². The molecule has 1 spiro atoms. The number of halogens is 6. The van der Waals surface area contributed by atoms with Crippen molar-refractivity contribution in [2.75, 3.05) is 25.0 Å². The summed E-state index contributed by atoms with van der Waals surface area (Å²) in [5.41, 5.74) is -1.74. The fraction of sp³-hybridized carbons (Fsp3) is 0.435. The van der Waals surface area contributed by atoms with Crippen LogP contribution in [0, 0.1) is 5.82 Å². The summed E-state index contributed by atoms with van der Waals surface area (Å²) in [6, 6.07) is 0.598. The van der Waals surface area contributed by atoms with Crippen molar-refractivity contribution in [3.63, 3.8) is 0 Å². The van der Waals surface area contributed by atoms with Crippen LogP contribution in [0.5, 0.6) is 5.75 Å². The first-order valence-electron chi connectivity index (χ1n) is 11.5. The topological polar surface area (TPSA) is 105 Å². The van der Waals surface area contributed by atoms with Crippen LogP contribution < -0.4 is 20.1 Å². The third kappa shape index (κ3) is 5.95. The molecule has 9 nitrogen and oxygen atoms in total. The van der Waals surface area contributed by atoms with Crippen LogP contribution >= 0.6 is 11.9 Å². The maximum absolute atomic E-state index is 13.6. The Bertz CT molecular complexity index is 1300. The molecule has 2 aliphatic heterocycles. The third-order valence-electron chi connectivity index (χ3n) is 6.35. The summed E-state index contributed by atoms with van der Waals surface area (Å²) in [5.74, 6) is -4.14. The third-order valence-corrected chi connectivity index (χ3v) is 7.40. The van der Waals surface area contributed by atoms with Crippen molar-refractivity contribution in [2.45, 2.75) is 42.4 Å². The van der Waals surface area contributed by atoms with Gasteiger partial charge in [-0.15, -0.1) is 0 Å². The maximum Gasteiger partial charge on any atom is 0.408 e. The molecule has 3 N–H and O–H groups in total. The zero-order valence-corrected chi connectivity index (χ0v) is 21.3. The smallest absolute Gasteiger partial charge is 0.408 e.